The third-order valence-electron chi connectivity index (χ3n) is 7.79. The maximum Gasteiger partial charge on any atom is 0.321 e. The SMILES string of the molecule is COc1cc2c(cc1OCCCN1CCCC1)=NCC(=C=O)C=2N1CCN(C(=O)Nc2ccc(OC(C)C)cc2)CC1. The van der Waals surface area contributed by atoms with E-state index >= 15 is 0 Å². The summed E-state index contributed by atoms with van der Waals surface area (Å²) < 4.78 is 17.5. The van der Waals surface area contributed by atoms with Crippen molar-refractivity contribution in [1.29, 1.82) is 0 Å². The number of carbonyl (C=O) groups is 1. The van der Waals surface area contributed by atoms with Crippen molar-refractivity contribution in [3.63, 3.8) is 0 Å². The first-order chi connectivity index (χ1) is 20.4. The van der Waals surface area contributed by atoms with Gasteiger partial charge in [0.15, 0.2) is 11.5 Å². The minimum absolute atomic E-state index is 0.0879. The van der Waals surface area contributed by atoms with Crippen LogP contribution in [0.5, 0.6) is 17.2 Å². The lowest BCUT2D eigenvalue weighted by atomic mass is 10.0. The predicted octanol–water partition coefficient (Wildman–Crippen LogP) is 2.70. The standard InChI is InChI=1S/C32H41N5O5/c1-23(2)42-26-9-7-25(8-10-26)34-32(39)37-16-14-36(15-17-37)31-24(22-38)21-33-28-20-30(29(40-3)19-27(28)31)41-18-6-13-35-11-4-5-12-35/h7-10,19-20,23H,4-6,11-18,21H2,1-3H3,(H,34,39). The fraction of sp³-hybridized carbons (Fsp3) is 0.500. The molecular weight excluding hydrogens is 534 g/mol. The van der Waals surface area contributed by atoms with E-state index in [1.54, 1.807) is 12.0 Å². The topological polar surface area (TPSA) is 95.9 Å². The second-order valence-electron chi connectivity index (χ2n) is 11.1. The second-order valence-corrected chi connectivity index (χ2v) is 11.1. The summed E-state index contributed by atoms with van der Waals surface area (Å²) in [6.07, 6.45) is 3.60. The molecule has 1 N–H and O–H groups in total. The van der Waals surface area contributed by atoms with Crippen LogP contribution in [0.15, 0.2) is 47.0 Å². The van der Waals surface area contributed by atoms with Crippen molar-refractivity contribution in [2.24, 2.45) is 4.99 Å². The average Bonchev–Trinajstić information content (AvgIpc) is 3.53. The van der Waals surface area contributed by atoms with E-state index in [0.29, 0.717) is 55.5 Å². The number of carbonyl (C=O) groups excluding carboxylic acids is 2. The highest BCUT2D eigenvalue weighted by Crippen LogP contribution is 2.26. The van der Waals surface area contributed by atoms with Crippen molar-refractivity contribution in [1.82, 2.24) is 14.7 Å². The summed E-state index contributed by atoms with van der Waals surface area (Å²) in [7, 11) is 1.62. The Morgan fingerprint density at radius 1 is 1.02 bits per heavy atom. The molecule has 0 unspecified atom stereocenters. The molecule has 42 heavy (non-hydrogen) atoms. The van der Waals surface area contributed by atoms with Crippen molar-refractivity contribution in [3.05, 3.63) is 52.5 Å². The van der Waals surface area contributed by atoms with Gasteiger partial charge in [0.05, 0.1) is 43.0 Å². The lowest BCUT2D eigenvalue weighted by Gasteiger charge is -2.37. The lowest BCUT2D eigenvalue weighted by Crippen LogP contribution is -2.51. The summed E-state index contributed by atoms with van der Waals surface area (Å²) >= 11 is 0. The van der Waals surface area contributed by atoms with E-state index in [9.17, 15) is 9.59 Å². The van der Waals surface area contributed by atoms with Crippen LogP contribution < -0.4 is 30.1 Å². The summed E-state index contributed by atoms with van der Waals surface area (Å²) in [5.74, 6) is 4.14. The number of ether oxygens (including phenoxy) is 3. The average molecular weight is 576 g/mol. The van der Waals surface area contributed by atoms with E-state index in [-0.39, 0.29) is 18.7 Å². The lowest BCUT2D eigenvalue weighted by molar-refractivity contribution is 0.177. The molecule has 2 aromatic carbocycles. The van der Waals surface area contributed by atoms with Crippen LogP contribution in [0.2, 0.25) is 0 Å². The highest BCUT2D eigenvalue weighted by molar-refractivity contribution is 5.89. The molecule has 10 heteroatoms. The first-order valence-corrected chi connectivity index (χ1v) is 14.9. The summed E-state index contributed by atoms with van der Waals surface area (Å²) in [6.45, 7) is 10.4. The molecule has 3 heterocycles. The molecule has 5 rings (SSSR count). The van der Waals surface area contributed by atoms with Gasteiger partial charge < -0.3 is 34.2 Å². The molecule has 0 aromatic heterocycles. The molecule has 3 aliphatic rings. The zero-order chi connectivity index (χ0) is 29.5. The highest BCUT2D eigenvalue weighted by atomic mass is 16.5. The van der Waals surface area contributed by atoms with Crippen molar-refractivity contribution < 1.29 is 23.8 Å². The molecular formula is C32H41N5O5. The van der Waals surface area contributed by atoms with Crippen molar-refractivity contribution in [3.8, 4) is 17.2 Å². The Hall–Kier alpha value is -4.01. The van der Waals surface area contributed by atoms with Crippen molar-refractivity contribution in [2.75, 3.05) is 71.4 Å². The van der Waals surface area contributed by atoms with Crippen LogP contribution in [0, 0.1) is 0 Å². The van der Waals surface area contributed by atoms with Crippen LogP contribution in [0.3, 0.4) is 0 Å². The first kappa shape index (κ1) is 29.5. The normalized spacial score (nSPS) is 17.0. The number of fused-ring (bicyclic) bond motifs is 1. The fourth-order valence-corrected chi connectivity index (χ4v) is 5.69. The minimum Gasteiger partial charge on any atom is -0.493 e. The Morgan fingerprint density at radius 2 is 1.76 bits per heavy atom. The number of likely N-dealkylation sites (tertiary alicyclic amines) is 1. The van der Waals surface area contributed by atoms with Crippen LogP contribution in [-0.4, -0.2) is 98.9 Å². The Balaban J connectivity index is 1.26. The van der Waals surface area contributed by atoms with Crippen molar-refractivity contribution in [2.45, 2.75) is 39.2 Å². The Morgan fingerprint density at radius 3 is 2.43 bits per heavy atom. The van der Waals surface area contributed by atoms with Crippen LogP contribution >= 0.6 is 0 Å². The summed E-state index contributed by atoms with van der Waals surface area (Å²) in [5, 5.41) is 4.56. The van der Waals surface area contributed by atoms with Gasteiger partial charge in [0, 0.05) is 49.7 Å². The van der Waals surface area contributed by atoms with E-state index in [1.165, 1.54) is 25.9 Å². The number of hydrogen-bond acceptors (Lipinski definition) is 8. The highest BCUT2D eigenvalue weighted by Gasteiger charge is 2.27. The van der Waals surface area contributed by atoms with Crippen LogP contribution in [-0.2, 0) is 4.79 Å². The maximum absolute atomic E-state index is 13.0. The molecule has 2 saturated heterocycles. The molecule has 0 radical (unpaired) electrons. The number of rotatable bonds is 10. The third-order valence-corrected chi connectivity index (χ3v) is 7.79. The molecule has 3 aliphatic heterocycles. The molecule has 0 spiro atoms. The Bertz CT molecular complexity index is 1420. The number of urea groups is 1. The molecule has 2 amide bonds. The largest absolute Gasteiger partial charge is 0.493 e. The number of nitrogens with one attached hydrogen (secondary N) is 1. The van der Waals surface area contributed by atoms with Gasteiger partial charge in [-0.2, -0.15) is 0 Å². The second kappa shape index (κ2) is 13.8. The molecule has 0 bridgehead atoms. The van der Waals surface area contributed by atoms with Crippen LogP contribution in [0.25, 0.3) is 5.70 Å². The third kappa shape index (κ3) is 7.06. The minimum atomic E-state index is -0.157. The number of hydrogen-bond donors (Lipinski definition) is 1. The predicted molar refractivity (Wildman–Crippen MR) is 161 cm³/mol. The van der Waals surface area contributed by atoms with Crippen molar-refractivity contribution >= 4 is 23.4 Å². The molecule has 2 fully saturated rings. The number of benzene rings is 2. The van der Waals surface area contributed by atoms with Crippen LogP contribution in [0.4, 0.5) is 10.5 Å². The molecule has 10 nitrogen and oxygen atoms in total. The maximum atomic E-state index is 13.0. The van der Waals surface area contributed by atoms with Gasteiger partial charge in [0.25, 0.3) is 0 Å². The van der Waals surface area contributed by atoms with Gasteiger partial charge in [-0.25, -0.2) is 9.59 Å². The van der Waals surface area contributed by atoms with E-state index in [1.807, 2.05) is 50.2 Å². The smallest absolute Gasteiger partial charge is 0.321 e. The quantitative estimate of drug-likeness (QED) is 0.344. The Labute approximate surface area is 247 Å². The zero-order valence-corrected chi connectivity index (χ0v) is 24.9. The van der Waals surface area contributed by atoms with E-state index in [0.717, 1.165) is 35.0 Å². The molecule has 0 atom stereocenters. The van der Waals surface area contributed by atoms with E-state index in [2.05, 4.69) is 26.1 Å². The summed E-state index contributed by atoms with van der Waals surface area (Å²) in [5.41, 5.74) is 2.02. The summed E-state index contributed by atoms with van der Waals surface area (Å²) in [4.78, 5) is 36.0. The Kier molecular flexibility index (Phi) is 9.66. The van der Waals surface area contributed by atoms with Gasteiger partial charge in [-0.05, 0) is 76.5 Å². The van der Waals surface area contributed by atoms with Crippen LogP contribution in [0.1, 0.15) is 33.1 Å². The zero-order valence-electron chi connectivity index (χ0n) is 24.9. The molecule has 224 valence electrons. The number of piperazine rings is 1. The number of amides is 2. The fourth-order valence-electron chi connectivity index (χ4n) is 5.69. The van der Waals surface area contributed by atoms with Gasteiger partial charge in [0.2, 0.25) is 0 Å². The molecule has 2 aromatic rings. The van der Waals surface area contributed by atoms with Gasteiger partial charge in [0.1, 0.15) is 11.7 Å². The number of methoxy groups -OCH3 is 1. The molecule has 0 aliphatic carbocycles. The molecule has 0 saturated carbocycles. The number of nitrogens with zero attached hydrogens (tertiary/aromatic N) is 4. The van der Waals surface area contributed by atoms with Gasteiger partial charge >= 0.3 is 6.03 Å². The van der Waals surface area contributed by atoms with Gasteiger partial charge in [-0.3, -0.25) is 4.99 Å². The number of anilines is 1. The van der Waals surface area contributed by atoms with Gasteiger partial charge in [-0.1, -0.05) is 0 Å². The summed E-state index contributed by atoms with van der Waals surface area (Å²) in [6, 6.07) is 11.0. The monoisotopic (exact) mass is 575 g/mol. The van der Waals surface area contributed by atoms with E-state index < -0.39 is 0 Å². The van der Waals surface area contributed by atoms with E-state index in [4.69, 9.17) is 14.2 Å². The first-order valence-electron chi connectivity index (χ1n) is 14.9. The van der Waals surface area contributed by atoms with Gasteiger partial charge in [-0.15, -0.1) is 0 Å².